The molecule has 0 radical (unpaired) electrons. The van der Waals surface area contributed by atoms with E-state index in [1.807, 2.05) is 37.3 Å². The van der Waals surface area contributed by atoms with Crippen molar-refractivity contribution in [1.82, 2.24) is 0 Å². The number of carbonyl (C=O) groups is 1. The molecule has 3 rings (SSSR count). The number of benzene rings is 1. The third kappa shape index (κ3) is 1.91. The molecule has 0 bridgehead atoms. The van der Waals surface area contributed by atoms with E-state index in [4.69, 9.17) is 15.2 Å². The van der Waals surface area contributed by atoms with Gasteiger partial charge in [0.25, 0.3) is 0 Å². The Balaban J connectivity index is 2.19. The van der Waals surface area contributed by atoms with E-state index < -0.39 is 16.6 Å². The number of primary amides is 1. The molecule has 1 atom stereocenters. The number of nitrogens with two attached hydrogens (primary N) is 1. The van der Waals surface area contributed by atoms with Gasteiger partial charge in [-0.05, 0) is 25.3 Å². The van der Waals surface area contributed by atoms with Crippen LogP contribution in [0.4, 0.5) is 0 Å². The molecule has 1 heterocycles. The highest BCUT2D eigenvalue weighted by atomic mass is 79.9. The van der Waals surface area contributed by atoms with Gasteiger partial charge < -0.3 is 15.2 Å². The van der Waals surface area contributed by atoms with Gasteiger partial charge in [0.05, 0.1) is 29.4 Å². The summed E-state index contributed by atoms with van der Waals surface area (Å²) in [5.41, 5.74) is 5.58. The number of ether oxygens (including phenoxy) is 2. The van der Waals surface area contributed by atoms with E-state index in [0.29, 0.717) is 18.5 Å². The Morgan fingerprint density at radius 1 is 1.29 bits per heavy atom. The summed E-state index contributed by atoms with van der Waals surface area (Å²) in [5.74, 6) is -1.13. The molecule has 0 aromatic heterocycles. The molecular formula is C16H20BrNO3. The molecule has 2 aliphatic rings. The normalized spacial score (nSPS) is 25.2. The molecule has 1 amide bonds. The van der Waals surface area contributed by atoms with Crippen molar-refractivity contribution in [2.24, 2.45) is 11.1 Å². The zero-order chi connectivity index (χ0) is 15.1. The van der Waals surface area contributed by atoms with Crippen LogP contribution in [0, 0.1) is 5.41 Å². The first kappa shape index (κ1) is 15.0. The summed E-state index contributed by atoms with van der Waals surface area (Å²) in [7, 11) is 0. The Morgan fingerprint density at radius 2 is 1.86 bits per heavy atom. The largest absolute Gasteiger partial charge is 0.369 e. The van der Waals surface area contributed by atoms with Gasteiger partial charge in [-0.2, -0.15) is 0 Å². The van der Waals surface area contributed by atoms with Crippen molar-refractivity contribution in [3.05, 3.63) is 35.9 Å². The molecule has 1 saturated carbocycles. The minimum absolute atomic E-state index is 0.270. The predicted molar refractivity (Wildman–Crippen MR) is 83.1 cm³/mol. The van der Waals surface area contributed by atoms with Gasteiger partial charge in [0.15, 0.2) is 5.79 Å². The van der Waals surface area contributed by atoms with E-state index in [1.165, 1.54) is 0 Å². The maximum Gasteiger partial charge on any atom is 0.224 e. The Kier molecular flexibility index (Phi) is 3.62. The molecule has 1 aromatic carbocycles. The molecule has 2 fully saturated rings. The van der Waals surface area contributed by atoms with E-state index in [2.05, 4.69) is 15.9 Å². The third-order valence-electron chi connectivity index (χ3n) is 5.22. The van der Waals surface area contributed by atoms with Gasteiger partial charge in [-0.3, -0.25) is 4.79 Å². The van der Waals surface area contributed by atoms with Crippen molar-refractivity contribution >= 4 is 21.8 Å². The third-order valence-corrected chi connectivity index (χ3v) is 5.96. The van der Waals surface area contributed by atoms with Crippen LogP contribution >= 0.6 is 15.9 Å². The monoisotopic (exact) mass is 353 g/mol. The summed E-state index contributed by atoms with van der Waals surface area (Å²) in [6.45, 7) is 3.11. The van der Waals surface area contributed by atoms with Crippen LogP contribution in [-0.2, 0) is 19.7 Å². The number of amides is 1. The maximum atomic E-state index is 12.2. The summed E-state index contributed by atoms with van der Waals surface area (Å²) in [4.78, 5) is 12.2. The van der Waals surface area contributed by atoms with Crippen LogP contribution in [0.15, 0.2) is 30.3 Å². The first-order valence-electron chi connectivity index (χ1n) is 7.22. The average molecular weight is 354 g/mol. The number of halogens is 1. The first-order chi connectivity index (χ1) is 10.0. The molecule has 1 saturated heterocycles. The molecule has 114 valence electrons. The second-order valence-corrected chi connectivity index (χ2v) is 6.58. The second kappa shape index (κ2) is 5.07. The van der Waals surface area contributed by atoms with Crippen molar-refractivity contribution in [1.29, 1.82) is 0 Å². The summed E-state index contributed by atoms with van der Waals surface area (Å²) >= 11 is 3.53. The molecular weight excluding hydrogens is 334 g/mol. The van der Waals surface area contributed by atoms with Gasteiger partial charge in [-0.25, -0.2) is 0 Å². The van der Waals surface area contributed by atoms with Crippen LogP contribution in [0.1, 0.15) is 25.3 Å². The number of rotatable bonds is 5. The van der Waals surface area contributed by atoms with Gasteiger partial charge in [0, 0.05) is 0 Å². The topological polar surface area (TPSA) is 61.6 Å². The van der Waals surface area contributed by atoms with E-state index in [1.54, 1.807) is 0 Å². The summed E-state index contributed by atoms with van der Waals surface area (Å²) in [6.07, 6.45) is 1.55. The van der Waals surface area contributed by atoms with E-state index in [-0.39, 0.29) is 5.91 Å². The maximum absolute atomic E-state index is 12.2. The molecule has 5 heteroatoms. The van der Waals surface area contributed by atoms with Crippen LogP contribution in [0.3, 0.4) is 0 Å². The van der Waals surface area contributed by atoms with Gasteiger partial charge in [-0.1, -0.05) is 46.3 Å². The number of carbonyl (C=O) groups excluding carboxylic acids is 1. The van der Waals surface area contributed by atoms with Crippen LogP contribution in [0.2, 0.25) is 0 Å². The highest BCUT2D eigenvalue weighted by Crippen LogP contribution is 2.65. The quantitative estimate of drug-likeness (QED) is 0.826. The lowest BCUT2D eigenvalue weighted by molar-refractivity contribution is -0.205. The van der Waals surface area contributed by atoms with Gasteiger partial charge in [0.2, 0.25) is 5.91 Å². The Morgan fingerprint density at radius 3 is 2.29 bits per heavy atom. The number of hydrogen-bond acceptors (Lipinski definition) is 3. The summed E-state index contributed by atoms with van der Waals surface area (Å²) < 4.78 is 12.0. The fraction of sp³-hybridized carbons (Fsp3) is 0.562. The van der Waals surface area contributed by atoms with Crippen molar-refractivity contribution in [3.63, 3.8) is 0 Å². The van der Waals surface area contributed by atoms with Crippen molar-refractivity contribution in [2.45, 2.75) is 31.0 Å². The fourth-order valence-corrected chi connectivity index (χ4v) is 4.59. The minimum Gasteiger partial charge on any atom is -0.369 e. The van der Waals surface area contributed by atoms with Crippen LogP contribution in [-0.4, -0.2) is 30.2 Å². The number of alkyl halides is 1. The van der Waals surface area contributed by atoms with E-state index >= 15 is 0 Å². The zero-order valence-corrected chi connectivity index (χ0v) is 13.7. The fourth-order valence-electron chi connectivity index (χ4n) is 3.70. The lowest BCUT2D eigenvalue weighted by atomic mass is 9.63. The Hall–Kier alpha value is -0.910. The molecule has 4 nitrogen and oxygen atoms in total. The summed E-state index contributed by atoms with van der Waals surface area (Å²) in [6, 6.07) is 9.96. The van der Waals surface area contributed by atoms with Crippen molar-refractivity contribution < 1.29 is 14.3 Å². The molecule has 1 aliphatic heterocycles. The van der Waals surface area contributed by atoms with Crippen LogP contribution in [0.25, 0.3) is 0 Å². The second-order valence-electron chi connectivity index (χ2n) is 6.02. The van der Waals surface area contributed by atoms with E-state index in [9.17, 15) is 4.79 Å². The molecule has 21 heavy (non-hydrogen) atoms. The zero-order valence-electron chi connectivity index (χ0n) is 12.1. The molecule has 1 aromatic rings. The highest BCUT2D eigenvalue weighted by Gasteiger charge is 2.71. The SMILES string of the molecule is CC(c1ccccc1)(C1(CBr)OCCO1)C1(C(N)=O)CC1. The van der Waals surface area contributed by atoms with Crippen LogP contribution < -0.4 is 5.73 Å². The Bertz CT molecular complexity index is 538. The van der Waals surface area contributed by atoms with Crippen molar-refractivity contribution in [3.8, 4) is 0 Å². The first-order valence-corrected chi connectivity index (χ1v) is 8.34. The average Bonchev–Trinajstić information content (AvgIpc) is 3.19. The lowest BCUT2D eigenvalue weighted by Gasteiger charge is -2.48. The molecule has 0 spiro atoms. The van der Waals surface area contributed by atoms with Gasteiger partial charge in [-0.15, -0.1) is 0 Å². The van der Waals surface area contributed by atoms with E-state index in [0.717, 1.165) is 18.4 Å². The highest BCUT2D eigenvalue weighted by molar-refractivity contribution is 9.09. The smallest absolute Gasteiger partial charge is 0.224 e. The van der Waals surface area contributed by atoms with Crippen molar-refractivity contribution in [2.75, 3.05) is 18.5 Å². The lowest BCUT2D eigenvalue weighted by Crippen LogP contribution is -2.60. The van der Waals surface area contributed by atoms with Gasteiger partial charge >= 0.3 is 0 Å². The summed E-state index contributed by atoms with van der Waals surface area (Å²) in [5, 5.41) is 0.500. The van der Waals surface area contributed by atoms with Gasteiger partial charge in [0.1, 0.15) is 0 Å². The molecule has 2 N–H and O–H groups in total. The number of hydrogen-bond donors (Lipinski definition) is 1. The standard InChI is InChI=1S/C16H20BrNO3/c1-14(12-5-3-2-4-6-12,15(7-8-15)13(18)19)16(11-17)20-9-10-21-16/h2-6H,7-11H2,1H3,(H2,18,19). The molecule has 1 unspecified atom stereocenters. The van der Waals surface area contributed by atoms with Crippen LogP contribution in [0.5, 0.6) is 0 Å². The molecule has 1 aliphatic carbocycles. The minimum atomic E-state index is -0.861. The Labute approximate surface area is 133 Å². The predicted octanol–water partition coefficient (Wildman–Crippen LogP) is 2.35.